The third-order valence-corrected chi connectivity index (χ3v) is 3.26. The molecular weight excluding hydrogens is 428 g/mol. The summed E-state index contributed by atoms with van der Waals surface area (Å²) >= 11 is 0. The van der Waals surface area contributed by atoms with Gasteiger partial charge < -0.3 is 0 Å². The molecule has 1 aromatic rings. The van der Waals surface area contributed by atoms with Gasteiger partial charge in [0.15, 0.2) is 0 Å². The topological polar surface area (TPSA) is 41.1 Å². The number of halogens is 12. The summed E-state index contributed by atoms with van der Waals surface area (Å²) in [4.78, 5) is 11.1. The van der Waals surface area contributed by atoms with Crippen molar-refractivity contribution in [3.05, 3.63) is 30.3 Å². The van der Waals surface area contributed by atoms with Crippen molar-refractivity contribution < 1.29 is 57.5 Å². The molecule has 1 rings (SSSR count). The first-order valence-corrected chi connectivity index (χ1v) is 6.73. The highest BCUT2D eigenvalue weighted by molar-refractivity contribution is 5.85. The lowest BCUT2D eigenvalue weighted by Crippen LogP contribution is -2.71. The molecule has 0 radical (unpaired) electrons. The lowest BCUT2D eigenvalue weighted by atomic mass is 9.94. The van der Waals surface area contributed by atoms with E-state index in [-0.39, 0.29) is 5.69 Å². The van der Waals surface area contributed by atoms with E-state index >= 15 is 0 Å². The van der Waals surface area contributed by atoms with Gasteiger partial charge in [0.1, 0.15) is 0 Å². The Morgan fingerprint density at radius 2 is 1.21 bits per heavy atom. The van der Waals surface area contributed by atoms with Gasteiger partial charge in [-0.15, -0.1) is 0 Å². The average molecular weight is 436 g/mol. The van der Waals surface area contributed by atoms with Crippen LogP contribution in [0, 0.1) is 0 Å². The smallest absolute Gasteiger partial charge is 0.298 e. The molecule has 0 atom stereocenters. The Hall–Kier alpha value is -2.35. The molecule has 0 heterocycles. The summed E-state index contributed by atoms with van der Waals surface area (Å²) in [5, 5.41) is 0. The van der Waals surface area contributed by atoms with Crippen LogP contribution < -0.4 is 10.9 Å². The van der Waals surface area contributed by atoms with Crippen molar-refractivity contribution in [3.8, 4) is 0 Å². The number of rotatable bonds is 8. The van der Waals surface area contributed by atoms with Crippen molar-refractivity contribution in [1.29, 1.82) is 0 Å². The van der Waals surface area contributed by atoms with Gasteiger partial charge >= 0.3 is 41.9 Å². The predicted octanol–water partition coefficient (Wildman–Crippen LogP) is 4.57. The summed E-state index contributed by atoms with van der Waals surface area (Å²) in [5.41, 5.74) is 2.09. The number of hydrazine groups is 1. The highest BCUT2D eigenvalue weighted by Gasteiger charge is 2.89. The molecule has 2 N–H and O–H groups in total. The summed E-state index contributed by atoms with van der Waals surface area (Å²) in [6, 6.07) is 5.97. The Morgan fingerprint density at radius 1 is 0.750 bits per heavy atom. The first kappa shape index (κ1) is 23.7. The molecule has 0 bridgehead atoms. The molecule has 0 aliphatic rings. The number of alkyl halides is 12. The molecule has 0 fully saturated rings. The highest BCUT2D eigenvalue weighted by Crippen LogP contribution is 2.58. The standard InChI is InChI=1S/C13H8F12N2O/c14-7(15)9(16,17)11(20,21)13(24,25)12(22,23)10(18,19)8(28)27-26-6-4-2-1-3-5-6/h1-5,7,26H,(H,27,28). The zero-order chi connectivity index (χ0) is 22.2. The molecule has 1 aromatic carbocycles. The van der Waals surface area contributed by atoms with Crippen LogP contribution in [-0.2, 0) is 4.79 Å². The molecular formula is C13H8F12N2O. The first-order valence-electron chi connectivity index (χ1n) is 6.73. The number of hydrogen-bond donors (Lipinski definition) is 2. The summed E-state index contributed by atoms with van der Waals surface area (Å²) in [6.07, 6.45) is -5.61. The minimum atomic E-state index is -7.76. The average Bonchev–Trinajstić information content (AvgIpc) is 2.59. The second kappa shape index (κ2) is 7.24. The molecule has 15 heteroatoms. The fourth-order valence-electron chi connectivity index (χ4n) is 1.61. The van der Waals surface area contributed by atoms with Gasteiger partial charge in [-0.25, -0.2) is 8.78 Å². The second-order valence-corrected chi connectivity index (χ2v) is 5.17. The van der Waals surface area contributed by atoms with E-state index in [1.54, 1.807) is 5.43 Å². The third kappa shape index (κ3) is 3.53. The maximum atomic E-state index is 13.5. The lowest BCUT2D eigenvalue weighted by molar-refractivity contribution is -0.407. The molecule has 3 nitrogen and oxygen atoms in total. The zero-order valence-electron chi connectivity index (χ0n) is 12.9. The summed E-state index contributed by atoms with van der Waals surface area (Å²) < 4.78 is 155. The van der Waals surface area contributed by atoms with E-state index in [4.69, 9.17) is 0 Å². The minimum absolute atomic E-state index is 0.253. The highest BCUT2D eigenvalue weighted by atomic mass is 19.4. The quantitative estimate of drug-likeness (QED) is 0.463. The van der Waals surface area contributed by atoms with Gasteiger partial charge in [0.25, 0.3) is 0 Å². The Kier molecular flexibility index (Phi) is 6.12. The molecule has 0 aliphatic carbocycles. The van der Waals surface area contributed by atoms with E-state index in [9.17, 15) is 57.5 Å². The fourth-order valence-corrected chi connectivity index (χ4v) is 1.61. The number of carbonyl (C=O) groups excluding carboxylic acids is 1. The SMILES string of the molecule is O=C(NNc1ccccc1)C(F)(F)C(F)(F)C(F)(F)C(F)(F)C(F)(F)C(F)F. The van der Waals surface area contributed by atoms with Crippen LogP contribution in [-0.4, -0.2) is 41.9 Å². The van der Waals surface area contributed by atoms with Gasteiger partial charge in [-0.1, -0.05) is 18.2 Å². The molecule has 0 unspecified atom stereocenters. The number of carbonyl (C=O) groups is 1. The molecule has 0 spiro atoms. The number of para-hydroxylation sites is 1. The van der Waals surface area contributed by atoms with Gasteiger partial charge in [-0.2, -0.15) is 43.9 Å². The third-order valence-electron chi connectivity index (χ3n) is 3.26. The van der Waals surface area contributed by atoms with Crippen LogP contribution in [0.4, 0.5) is 58.4 Å². The molecule has 0 saturated carbocycles. The van der Waals surface area contributed by atoms with E-state index in [0.29, 0.717) is 0 Å². The zero-order valence-corrected chi connectivity index (χ0v) is 12.9. The van der Waals surface area contributed by atoms with Crippen molar-refractivity contribution >= 4 is 11.6 Å². The molecule has 160 valence electrons. The second-order valence-electron chi connectivity index (χ2n) is 5.17. The summed E-state index contributed by atoms with van der Waals surface area (Å²) in [7, 11) is 0. The Morgan fingerprint density at radius 3 is 1.64 bits per heavy atom. The number of hydrogen-bond acceptors (Lipinski definition) is 2. The van der Waals surface area contributed by atoms with E-state index < -0.39 is 41.9 Å². The van der Waals surface area contributed by atoms with Crippen LogP contribution in [0.2, 0.25) is 0 Å². The van der Waals surface area contributed by atoms with Crippen molar-refractivity contribution in [1.82, 2.24) is 5.43 Å². The normalized spacial score (nSPS) is 14.2. The molecule has 0 aliphatic heterocycles. The van der Waals surface area contributed by atoms with Crippen molar-refractivity contribution in [2.45, 2.75) is 36.0 Å². The Labute approximate surface area is 147 Å². The van der Waals surface area contributed by atoms with Crippen LogP contribution in [0.1, 0.15) is 0 Å². The Balaban J connectivity index is 3.20. The largest absolute Gasteiger partial charge is 0.394 e. The molecule has 1 amide bonds. The van der Waals surface area contributed by atoms with Gasteiger partial charge in [-0.3, -0.25) is 15.6 Å². The summed E-state index contributed by atoms with van der Waals surface area (Å²) in [6.45, 7) is 0. The van der Waals surface area contributed by atoms with Gasteiger partial charge in [-0.05, 0) is 12.1 Å². The Bertz CT molecular complexity index is 692. The van der Waals surface area contributed by atoms with E-state index in [1.807, 2.05) is 0 Å². The van der Waals surface area contributed by atoms with Crippen molar-refractivity contribution in [2.75, 3.05) is 5.43 Å². The van der Waals surface area contributed by atoms with Crippen molar-refractivity contribution in [2.24, 2.45) is 0 Å². The molecule has 28 heavy (non-hydrogen) atoms. The fraction of sp³-hybridized carbons (Fsp3) is 0.462. The van der Waals surface area contributed by atoms with Gasteiger partial charge in [0.2, 0.25) is 0 Å². The maximum absolute atomic E-state index is 13.5. The lowest BCUT2D eigenvalue weighted by Gasteiger charge is -2.38. The van der Waals surface area contributed by atoms with Gasteiger partial charge in [0.05, 0.1) is 5.69 Å². The molecule has 0 saturated heterocycles. The van der Waals surface area contributed by atoms with Crippen LogP contribution in [0.15, 0.2) is 30.3 Å². The van der Waals surface area contributed by atoms with E-state index in [1.165, 1.54) is 18.2 Å². The van der Waals surface area contributed by atoms with Crippen LogP contribution in [0.3, 0.4) is 0 Å². The monoisotopic (exact) mass is 436 g/mol. The van der Waals surface area contributed by atoms with E-state index in [2.05, 4.69) is 0 Å². The molecule has 0 aromatic heterocycles. The van der Waals surface area contributed by atoms with Gasteiger partial charge in [0, 0.05) is 0 Å². The number of anilines is 1. The maximum Gasteiger partial charge on any atom is 0.394 e. The van der Waals surface area contributed by atoms with Crippen molar-refractivity contribution in [3.63, 3.8) is 0 Å². The number of amides is 1. The number of nitrogens with one attached hydrogen (secondary N) is 2. The van der Waals surface area contributed by atoms with Crippen LogP contribution in [0.5, 0.6) is 0 Å². The van der Waals surface area contributed by atoms with Crippen LogP contribution in [0.25, 0.3) is 0 Å². The van der Waals surface area contributed by atoms with E-state index in [0.717, 1.165) is 17.6 Å². The van der Waals surface area contributed by atoms with Crippen LogP contribution >= 0.6 is 0 Å². The minimum Gasteiger partial charge on any atom is -0.298 e. The predicted molar refractivity (Wildman–Crippen MR) is 68.9 cm³/mol. The summed E-state index contributed by atoms with van der Waals surface area (Å²) in [5.74, 6) is -40.1. The number of benzene rings is 1. The first-order chi connectivity index (χ1) is 12.4.